The standard InChI is InChI=1S/C16H24O3/c17-16(18)13-9-4-2-1-3-5-10-14-19-15-11-7-6-8-12-15/h6-8,11-12H,1-5,9-10,13-14H2,(H,17,18). The quantitative estimate of drug-likeness (QED) is 0.607. The average molecular weight is 264 g/mol. The predicted molar refractivity (Wildman–Crippen MR) is 76.5 cm³/mol. The van der Waals surface area contributed by atoms with Gasteiger partial charge in [0.2, 0.25) is 0 Å². The molecule has 1 N–H and O–H groups in total. The number of carboxylic acids is 1. The smallest absolute Gasteiger partial charge is 0.303 e. The number of ether oxygens (including phenoxy) is 1. The Labute approximate surface area is 115 Å². The molecule has 0 spiro atoms. The molecule has 0 aliphatic carbocycles. The van der Waals surface area contributed by atoms with Crippen molar-refractivity contribution in [1.29, 1.82) is 0 Å². The van der Waals surface area contributed by atoms with E-state index in [0.717, 1.165) is 38.0 Å². The molecule has 1 rings (SSSR count). The molecule has 3 nitrogen and oxygen atoms in total. The zero-order valence-corrected chi connectivity index (χ0v) is 11.5. The van der Waals surface area contributed by atoms with Crippen LogP contribution in [-0.2, 0) is 4.79 Å². The van der Waals surface area contributed by atoms with E-state index in [-0.39, 0.29) is 0 Å². The Balaban J connectivity index is 1.83. The maximum atomic E-state index is 10.3. The molecule has 0 heterocycles. The first-order chi connectivity index (χ1) is 9.29. The summed E-state index contributed by atoms with van der Waals surface area (Å²) in [6.45, 7) is 0.781. The Morgan fingerprint density at radius 3 is 2.11 bits per heavy atom. The van der Waals surface area contributed by atoms with Crippen molar-refractivity contribution in [2.45, 2.75) is 51.4 Å². The molecule has 0 aliphatic heterocycles. The van der Waals surface area contributed by atoms with Crippen molar-refractivity contribution in [3.05, 3.63) is 30.3 Å². The van der Waals surface area contributed by atoms with E-state index in [4.69, 9.17) is 9.84 Å². The predicted octanol–water partition coefficient (Wildman–Crippen LogP) is 4.27. The topological polar surface area (TPSA) is 46.5 Å². The molecule has 106 valence electrons. The van der Waals surface area contributed by atoms with Gasteiger partial charge < -0.3 is 9.84 Å². The van der Waals surface area contributed by atoms with E-state index in [1.807, 2.05) is 30.3 Å². The minimum absolute atomic E-state index is 0.310. The van der Waals surface area contributed by atoms with Gasteiger partial charge in [-0.15, -0.1) is 0 Å². The van der Waals surface area contributed by atoms with E-state index in [1.165, 1.54) is 19.3 Å². The summed E-state index contributed by atoms with van der Waals surface area (Å²) in [6.07, 6.45) is 7.99. The van der Waals surface area contributed by atoms with Crippen molar-refractivity contribution in [3.63, 3.8) is 0 Å². The third-order valence-electron chi connectivity index (χ3n) is 3.05. The number of unbranched alkanes of at least 4 members (excludes halogenated alkanes) is 6. The minimum atomic E-state index is -0.682. The van der Waals surface area contributed by atoms with Crippen molar-refractivity contribution in [2.75, 3.05) is 6.61 Å². The summed E-state index contributed by atoms with van der Waals surface area (Å²) in [7, 11) is 0. The molecule has 0 unspecified atom stereocenters. The number of benzene rings is 1. The number of hydrogen-bond acceptors (Lipinski definition) is 2. The monoisotopic (exact) mass is 264 g/mol. The molecule has 0 fully saturated rings. The van der Waals surface area contributed by atoms with E-state index in [1.54, 1.807) is 0 Å². The van der Waals surface area contributed by atoms with Crippen LogP contribution >= 0.6 is 0 Å². The third-order valence-corrected chi connectivity index (χ3v) is 3.05. The number of aliphatic carboxylic acids is 1. The van der Waals surface area contributed by atoms with Crippen LogP contribution in [0.4, 0.5) is 0 Å². The van der Waals surface area contributed by atoms with E-state index in [0.29, 0.717) is 6.42 Å². The highest BCUT2D eigenvalue weighted by Crippen LogP contribution is 2.11. The van der Waals surface area contributed by atoms with Gasteiger partial charge in [0.15, 0.2) is 0 Å². The molecule has 1 aromatic rings. The van der Waals surface area contributed by atoms with E-state index in [9.17, 15) is 4.79 Å². The van der Waals surface area contributed by atoms with Gasteiger partial charge in [-0.3, -0.25) is 4.79 Å². The zero-order chi connectivity index (χ0) is 13.8. The first-order valence-corrected chi connectivity index (χ1v) is 7.18. The lowest BCUT2D eigenvalue weighted by Crippen LogP contribution is -1.97. The second-order valence-corrected chi connectivity index (χ2v) is 4.78. The molecule has 0 saturated carbocycles. The first kappa shape index (κ1) is 15.5. The van der Waals surface area contributed by atoms with Crippen LogP contribution in [0.15, 0.2) is 30.3 Å². The summed E-state index contributed by atoms with van der Waals surface area (Å²) < 4.78 is 5.61. The Morgan fingerprint density at radius 1 is 0.895 bits per heavy atom. The summed E-state index contributed by atoms with van der Waals surface area (Å²) in [5, 5.41) is 8.49. The lowest BCUT2D eigenvalue weighted by molar-refractivity contribution is -0.137. The van der Waals surface area contributed by atoms with Crippen LogP contribution in [0.25, 0.3) is 0 Å². The Hall–Kier alpha value is -1.51. The second-order valence-electron chi connectivity index (χ2n) is 4.78. The van der Waals surface area contributed by atoms with Crippen LogP contribution in [0.1, 0.15) is 51.4 Å². The molecule has 0 bridgehead atoms. The van der Waals surface area contributed by atoms with Crippen molar-refractivity contribution >= 4 is 5.97 Å². The fraction of sp³-hybridized carbons (Fsp3) is 0.562. The SMILES string of the molecule is O=C(O)CCCCCCCCCOc1ccccc1. The normalized spacial score (nSPS) is 10.3. The first-order valence-electron chi connectivity index (χ1n) is 7.18. The number of carbonyl (C=O) groups is 1. The lowest BCUT2D eigenvalue weighted by atomic mass is 10.1. The van der Waals surface area contributed by atoms with Gasteiger partial charge in [0.25, 0.3) is 0 Å². The van der Waals surface area contributed by atoms with E-state index in [2.05, 4.69) is 0 Å². The molecule has 3 heteroatoms. The summed E-state index contributed by atoms with van der Waals surface area (Å²) in [5.41, 5.74) is 0. The molecular formula is C16H24O3. The highest BCUT2D eigenvalue weighted by molar-refractivity contribution is 5.66. The fourth-order valence-corrected chi connectivity index (χ4v) is 1.97. The van der Waals surface area contributed by atoms with E-state index < -0.39 is 5.97 Å². The van der Waals surface area contributed by atoms with Gasteiger partial charge in [0.05, 0.1) is 6.61 Å². The largest absolute Gasteiger partial charge is 0.494 e. The highest BCUT2D eigenvalue weighted by atomic mass is 16.5. The van der Waals surface area contributed by atoms with Gasteiger partial charge in [0, 0.05) is 6.42 Å². The summed E-state index contributed by atoms with van der Waals surface area (Å²) in [4.78, 5) is 10.3. The molecule has 19 heavy (non-hydrogen) atoms. The van der Waals surface area contributed by atoms with Crippen molar-refractivity contribution in [1.82, 2.24) is 0 Å². The van der Waals surface area contributed by atoms with Crippen LogP contribution in [0, 0.1) is 0 Å². The third kappa shape index (κ3) is 9.11. The van der Waals surface area contributed by atoms with Gasteiger partial charge in [-0.25, -0.2) is 0 Å². The average Bonchev–Trinajstić information content (AvgIpc) is 2.42. The van der Waals surface area contributed by atoms with Gasteiger partial charge in [-0.1, -0.05) is 50.3 Å². The van der Waals surface area contributed by atoms with Crippen LogP contribution < -0.4 is 4.74 Å². The maximum absolute atomic E-state index is 10.3. The summed E-state index contributed by atoms with van der Waals surface area (Å²) >= 11 is 0. The summed E-state index contributed by atoms with van der Waals surface area (Å²) in [5.74, 6) is 0.259. The minimum Gasteiger partial charge on any atom is -0.494 e. The highest BCUT2D eigenvalue weighted by Gasteiger charge is 1.97. The van der Waals surface area contributed by atoms with Crippen LogP contribution in [0.2, 0.25) is 0 Å². The Bertz CT molecular complexity index is 335. The van der Waals surface area contributed by atoms with Crippen LogP contribution in [0.3, 0.4) is 0 Å². The maximum Gasteiger partial charge on any atom is 0.303 e. The molecule has 0 aliphatic rings. The van der Waals surface area contributed by atoms with Crippen LogP contribution in [-0.4, -0.2) is 17.7 Å². The van der Waals surface area contributed by atoms with Gasteiger partial charge in [0.1, 0.15) is 5.75 Å². The van der Waals surface area contributed by atoms with Crippen LogP contribution in [0.5, 0.6) is 5.75 Å². The number of rotatable bonds is 11. The number of para-hydroxylation sites is 1. The summed E-state index contributed by atoms with van der Waals surface area (Å²) in [6, 6.07) is 9.89. The fourth-order valence-electron chi connectivity index (χ4n) is 1.97. The zero-order valence-electron chi connectivity index (χ0n) is 11.5. The second kappa shape index (κ2) is 10.4. The molecule has 0 saturated heterocycles. The molecular weight excluding hydrogens is 240 g/mol. The molecule has 0 amide bonds. The number of hydrogen-bond donors (Lipinski definition) is 1. The van der Waals surface area contributed by atoms with Gasteiger partial charge in [-0.05, 0) is 25.0 Å². The molecule has 0 atom stereocenters. The molecule has 1 aromatic carbocycles. The lowest BCUT2D eigenvalue weighted by Gasteiger charge is -2.05. The van der Waals surface area contributed by atoms with Crippen molar-refractivity contribution in [2.24, 2.45) is 0 Å². The van der Waals surface area contributed by atoms with Gasteiger partial charge in [-0.2, -0.15) is 0 Å². The van der Waals surface area contributed by atoms with Crippen molar-refractivity contribution < 1.29 is 14.6 Å². The Morgan fingerprint density at radius 2 is 1.47 bits per heavy atom. The van der Waals surface area contributed by atoms with Crippen molar-refractivity contribution in [3.8, 4) is 5.75 Å². The van der Waals surface area contributed by atoms with Gasteiger partial charge >= 0.3 is 5.97 Å². The number of carboxylic acid groups (broad SMARTS) is 1. The molecule has 0 aromatic heterocycles. The Kier molecular flexibility index (Phi) is 8.52. The molecule has 0 radical (unpaired) electrons. The van der Waals surface area contributed by atoms with E-state index >= 15 is 0 Å².